The summed E-state index contributed by atoms with van der Waals surface area (Å²) in [4.78, 5) is 11.5. The molecule has 1 fully saturated rings. The van der Waals surface area contributed by atoms with Crippen LogP contribution in [-0.4, -0.2) is 32.0 Å². The second kappa shape index (κ2) is 5.23. The van der Waals surface area contributed by atoms with Gasteiger partial charge in [-0.2, -0.15) is 0 Å². The van der Waals surface area contributed by atoms with E-state index in [1.807, 2.05) is 6.07 Å². The molecular weight excluding hydrogens is 284 g/mol. The SMILES string of the molecule is COC(=O)[C@H]1CC(c2cccc3c2COC(F)(F)O3)CN1. The van der Waals surface area contributed by atoms with Crippen molar-refractivity contribution in [3.05, 3.63) is 29.3 Å². The van der Waals surface area contributed by atoms with Crippen molar-refractivity contribution in [3.63, 3.8) is 0 Å². The summed E-state index contributed by atoms with van der Waals surface area (Å²) in [6.07, 6.45) is -3.03. The van der Waals surface area contributed by atoms with Crippen LogP contribution in [0.15, 0.2) is 18.2 Å². The maximum atomic E-state index is 13.1. The van der Waals surface area contributed by atoms with Gasteiger partial charge in [-0.1, -0.05) is 12.1 Å². The lowest BCUT2D eigenvalue weighted by molar-refractivity contribution is -0.368. The number of hydrogen-bond acceptors (Lipinski definition) is 5. The van der Waals surface area contributed by atoms with Crippen molar-refractivity contribution in [3.8, 4) is 5.75 Å². The summed E-state index contributed by atoms with van der Waals surface area (Å²) >= 11 is 0. The fourth-order valence-electron chi connectivity index (χ4n) is 2.82. The van der Waals surface area contributed by atoms with E-state index in [1.54, 1.807) is 6.07 Å². The predicted octanol–water partition coefficient (Wildman–Crippen LogP) is 1.76. The summed E-state index contributed by atoms with van der Waals surface area (Å²) < 4.78 is 39.9. The Morgan fingerprint density at radius 3 is 3.05 bits per heavy atom. The number of rotatable bonds is 2. The van der Waals surface area contributed by atoms with Crippen molar-refractivity contribution >= 4 is 5.97 Å². The number of halogens is 2. The first-order valence-corrected chi connectivity index (χ1v) is 6.64. The number of benzene rings is 1. The van der Waals surface area contributed by atoms with Gasteiger partial charge in [0.25, 0.3) is 0 Å². The molecule has 0 radical (unpaired) electrons. The summed E-state index contributed by atoms with van der Waals surface area (Å²) in [7, 11) is 1.34. The molecule has 7 heteroatoms. The number of esters is 1. The van der Waals surface area contributed by atoms with Crippen molar-refractivity contribution in [1.82, 2.24) is 5.32 Å². The van der Waals surface area contributed by atoms with E-state index in [2.05, 4.69) is 14.8 Å². The van der Waals surface area contributed by atoms with Gasteiger partial charge in [0, 0.05) is 12.1 Å². The Kier molecular flexibility index (Phi) is 3.54. The minimum absolute atomic E-state index is 0.0305. The number of fused-ring (bicyclic) bond motifs is 1. The zero-order valence-electron chi connectivity index (χ0n) is 11.4. The summed E-state index contributed by atoms with van der Waals surface area (Å²) in [5, 5.41) is 3.07. The fourth-order valence-corrected chi connectivity index (χ4v) is 2.82. The number of carbonyl (C=O) groups is 1. The largest absolute Gasteiger partial charge is 0.535 e. The molecule has 2 aliphatic heterocycles. The highest BCUT2D eigenvalue weighted by Crippen LogP contribution is 2.39. The van der Waals surface area contributed by atoms with E-state index in [4.69, 9.17) is 4.74 Å². The number of alkyl halides is 2. The lowest BCUT2D eigenvalue weighted by Crippen LogP contribution is -2.33. The summed E-state index contributed by atoms with van der Waals surface area (Å²) in [5.41, 5.74) is 1.47. The molecule has 1 N–H and O–H groups in total. The van der Waals surface area contributed by atoms with Crippen LogP contribution in [-0.2, 0) is 20.9 Å². The van der Waals surface area contributed by atoms with E-state index in [-0.39, 0.29) is 30.3 Å². The minimum Gasteiger partial charge on any atom is -0.468 e. The van der Waals surface area contributed by atoms with Gasteiger partial charge in [0.1, 0.15) is 11.8 Å². The molecule has 1 saturated heterocycles. The first-order valence-electron chi connectivity index (χ1n) is 6.64. The van der Waals surface area contributed by atoms with Crippen molar-refractivity contribution < 1.29 is 27.8 Å². The van der Waals surface area contributed by atoms with Gasteiger partial charge in [0.05, 0.1) is 13.7 Å². The molecule has 0 spiro atoms. The third-order valence-corrected chi connectivity index (χ3v) is 3.84. The second-order valence-electron chi connectivity index (χ2n) is 5.09. The van der Waals surface area contributed by atoms with E-state index >= 15 is 0 Å². The van der Waals surface area contributed by atoms with Crippen LogP contribution in [0, 0.1) is 0 Å². The molecule has 3 rings (SSSR count). The van der Waals surface area contributed by atoms with E-state index in [9.17, 15) is 13.6 Å². The molecule has 0 aliphatic carbocycles. The molecule has 0 bridgehead atoms. The van der Waals surface area contributed by atoms with Crippen LogP contribution in [0.25, 0.3) is 0 Å². The summed E-state index contributed by atoms with van der Waals surface area (Å²) in [5.74, 6) is -0.158. The molecule has 2 atom stereocenters. The molecule has 2 heterocycles. The van der Waals surface area contributed by atoms with Gasteiger partial charge in [-0.3, -0.25) is 9.53 Å². The highest BCUT2D eigenvalue weighted by atomic mass is 19.3. The van der Waals surface area contributed by atoms with Gasteiger partial charge in [-0.15, -0.1) is 8.78 Å². The topological polar surface area (TPSA) is 56.8 Å². The van der Waals surface area contributed by atoms with Crippen molar-refractivity contribution in [2.75, 3.05) is 13.7 Å². The minimum atomic E-state index is -3.59. The molecule has 1 aromatic carbocycles. The number of carbonyl (C=O) groups excluding carboxylic acids is 1. The Bertz CT molecular complexity index is 564. The predicted molar refractivity (Wildman–Crippen MR) is 68.0 cm³/mol. The van der Waals surface area contributed by atoms with Crippen molar-refractivity contribution in [2.24, 2.45) is 0 Å². The Labute approximate surface area is 120 Å². The highest BCUT2D eigenvalue weighted by molar-refractivity contribution is 5.76. The van der Waals surface area contributed by atoms with Gasteiger partial charge in [-0.25, -0.2) is 0 Å². The number of ether oxygens (including phenoxy) is 3. The molecule has 1 aromatic rings. The monoisotopic (exact) mass is 299 g/mol. The van der Waals surface area contributed by atoms with Gasteiger partial charge in [0.15, 0.2) is 0 Å². The van der Waals surface area contributed by atoms with E-state index in [0.29, 0.717) is 18.5 Å². The van der Waals surface area contributed by atoms with Crippen LogP contribution in [0.5, 0.6) is 5.75 Å². The molecule has 114 valence electrons. The van der Waals surface area contributed by atoms with Gasteiger partial charge in [0.2, 0.25) is 0 Å². The van der Waals surface area contributed by atoms with Crippen LogP contribution in [0.1, 0.15) is 23.5 Å². The van der Waals surface area contributed by atoms with Crippen LogP contribution in [0.3, 0.4) is 0 Å². The quantitative estimate of drug-likeness (QED) is 0.843. The van der Waals surface area contributed by atoms with Gasteiger partial charge >= 0.3 is 12.3 Å². The van der Waals surface area contributed by atoms with Gasteiger partial charge < -0.3 is 14.8 Å². The van der Waals surface area contributed by atoms with Crippen LogP contribution >= 0.6 is 0 Å². The first kappa shape index (κ1) is 14.2. The molecule has 0 amide bonds. The van der Waals surface area contributed by atoms with Crippen LogP contribution in [0.2, 0.25) is 0 Å². The average molecular weight is 299 g/mol. The Morgan fingerprint density at radius 2 is 2.29 bits per heavy atom. The molecule has 0 saturated carbocycles. The summed E-state index contributed by atoms with van der Waals surface area (Å²) in [6.45, 7) is 0.366. The Balaban J connectivity index is 1.83. The third-order valence-electron chi connectivity index (χ3n) is 3.84. The zero-order chi connectivity index (χ0) is 15.0. The normalized spacial score (nSPS) is 26.8. The molecule has 0 aromatic heterocycles. The highest BCUT2D eigenvalue weighted by Gasteiger charge is 2.40. The van der Waals surface area contributed by atoms with Crippen LogP contribution < -0.4 is 10.1 Å². The molecule has 21 heavy (non-hydrogen) atoms. The maximum Gasteiger partial charge on any atom is 0.535 e. The Morgan fingerprint density at radius 1 is 1.48 bits per heavy atom. The number of methoxy groups -OCH3 is 1. The van der Waals surface area contributed by atoms with E-state index < -0.39 is 6.29 Å². The molecule has 1 unspecified atom stereocenters. The maximum absolute atomic E-state index is 13.1. The smallest absolute Gasteiger partial charge is 0.468 e. The number of nitrogens with one attached hydrogen (secondary N) is 1. The lowest BCUT2D eigenvalue weighted by atomic mass is 9.91. The van der Waals surface area contributed by atoms with E-state index in [0.717, 1.165) is 5.56 Å². The third kappa shape index (κ3) is 2.71. The lowest BCUT2D eigenvalue weighted by Gasteiger charge is -2.27. The van der Waals surface area contributed by atoms with Crippen molar-refractivity contribution in [1.29, 1.82) is 0 Å². The number of hydrogen-bond donors (Lipinski definition) is 1. The Hall–Kier alpha value is -1.73. The molecule has 2 aliphatic rings. The fraction of sp³-hybridized carbons (Fsp3) is 0.500. The van der Waals surface area contributed by atoms with Crippen LogP contribution in [0.4, 0.5) is 8.78 Å². The zero-order valence-corrected chi connectivity index (χ0v) is 11.4. The second-order valence-corrected chi connectivity index (χ2v) is 5.09. The first-order chi connectivity index (χ1) is 10.00. The molecular formula is C14H15F2NO4. The molecule has 5 nitrogen and oxygen atoms in total. The standard InChI is InChI=1S/C14H15F2NO4/c1-19-13(18)11-5-8(6-17-11)9-3-2-4-12-10(9)7-20-14(15,16)21-12/h2-4,8,11,17H,5-7H2,1H3/t8?,11-/m1/s1. The summed E-state index contributed by atoms with van der Waals surface area (Å²) in [6, 6.07) is 4.64. The van der Waals surface area contributed by atoms with Gasteiger partial charge in [-0.05, 0) is 24.0 Å². The van der Waals surface area contributed by atoms with Crippen molar-refractivity contribution in [2.45, 2.75) is 31.3 Å². The van der Waals surface area contributed by atoms with E-state index in [1.165, 1.54) is 13.2 Å². The average Bonchev–Trinajstić information content (AvgIpc) is 2.94.